The average molecular weight is 316 g/mol. The summed E-state index contributed by atoms with van der Waals surface area (Å²) in [7, 11) is 0. The molecule has 6 heteroatoms. The number of nitrogens with zero attached hydrogens (tertiary/aromatic N) is 2. The Balaban J connectivity index is 1.80. The Morgan fingerprint density at radius 1 is 1.41 bits per heavy atom. The van der Waals surface area contributed by atoms with Crippen molar-refractivity contribution in [3.63, 3.8) is 0 Å². The van der Waals surface area contributed by atoms with E-state index in [-0.39, 0.29) is 5.91 Å². The molecule has 0 atom stereocenters. The number of amides is 1. The van der Waals surface area contributed by atoms with Gasteiger partial charge in [0, 0.05) is 30.5 Å². The topological polar surface area (TPSA) is 49.0 Å². The number of aromatic amines is 1. The van der Waals surface area contributed by atoms with Crippen LogP contribution in [0.15, 0.2) is 4.47 Å². The first-order chi connectivity index (χ1) is 8.27. The number of H-pyrrole nitrogens is 1. The molecule has 1 saturated heterocycles. The van der Waals surface area contributed by atoms with Crippen LogP contribution in [0.1, 0.15) is 34.9 Å². The van der Waals surface area contributed by atoms with Crippen molar-refractivity contribution >= 4 is 33.6 Å². The van der Waals surface area contributed by atoms with Crippen LogP contribution in [-0.4, -0.2) is 45.6 Å². The number of hydrogen-bond acceptors (Lipinski definition) is 3. The van der Waals surface area contributed by atoms with E-state index in [9.17, 15) is 4.79 Å². The maximum absolute atomic E-state index is 12.3. The molecule has 1 aromatic heterocycles. The molecule has 1 saturated carbocycles. The molecule has 92 valence electrons. The Morgan fingerprint density at radius 2 is 2.12 bits per heavy atom. The quantitative estimate of drug-likeness (QED) is 0.910. The van der Waals surface area contributed by atoms with Gasteiger partial charge < -0.3 is 4.90 Å². The Kier molecular flexibility index (Phi) is 3.17. The first-order valence-electron chi connectivity index (χ1n) is 5.88. The molecule has 4 nitrogen and oxygen atoms in total. The van der Waals surface area contributed by atoms with Crippen molar-refractivity contribution in [2.24, 2.45) is 0 Å². The van der Waals surface area contributed by atoms with Crippen LogP contribution < -0.4 is 0 Å². The highest BCUT2D eigenvalue weighted by Crippen LogP contribution is 2.43. The average Bonchev–Trinajstić information content (AvgIpc) is 3.13. The second-order valence-corrected chi connectivity index (χ2v) is 6.50. The largest absolute Gasteiger partial charge is 0.336 e. The highest BCUT2D eigenvalue weighted by Gasteiger charge is 2.31. The maximum Gasteiger partial charge on any atom is 0.275 e. The maximum atomic E-state index is 12.3. The lowest BCUT2D eigenvalue weighted by atomic mass is 10.2. The summed E-state index contributed by atoms with van der Waals surface area (Å²) in [5, 5.41) is 7.19. The van der Waals surface area contributed by atoms with E-state index in [0.717, 1.165) is 34.8 Å². The first-order valence-corrected chi connectivity index (χ1v) is 7.83. The molecule has 2 heterocycles. The van der Waals surface area contributed by atoms with Crippen LogP contribution in [0.4, 0.5) is 0 Å². The van der Waals surface area contributed by atoms with Gasteiger partial charge in [0.1, 0.15) is 0 Å². The molecule has 0 unspecified atom stereocenters. The van der Waals surface area contributed by atoms with Crippen LogP contribution >= 0.6 is 27.7 Å². The molecular weight excluding hydrogens is 302 g/mol. The molecule has 1 amide bonds. The predicted molar refractivity (Wildman–Crippen MR) is 71.5 cm³/mol. The van der Waals surface area contributed by atoms with Crippen LogP contribution in [0.3, 0.4) is 0 Å². The van der Waals surface area contributed by atoms with Crippen molar-refractivity contribution in [1.82, 2.24) is 15.1 Å². The highest BCUT2D eigenvalue weighted by atomic mass is 79.9. The monoisotopic (exact) mass is 315 g/mol. The molecule has 0 bridgehead atoms. The Morgan fingerprint density at radius 3 is 2.76 bits per heavy atom. The van der Waals surface area contributed by atoms with Crippen molar-refractivity contribution in [1.29, 1.82) is 0 Å². The van der Waals surface area contributed by atoms with E-state index in [4.69, 9.17) is 0 Å². The lowest BCUT2D eigenvalue weighted by Gasteiger charge is -2.25. The molecule has 0 aromatic carbocycles. The first kappa shape index (κ1) is 11.6. The van der Waals surface area contributed by atoms with Crippen LogP contribution in [-0.2, 0) is 0 Å². The summed E-state index contributed by atoms with van der Waals surface area (Å²) in [5.74, 6) is 2.70. The van der Waals surface area contributed by atoms with Crippen molar-refractivity contribution in [2.75, 3.05) is 24.6 Å². The third-order valence-electron chi connectivity index (χ3n) is 3.22. The standard InChI is InChI=1S/C11H14BrN3OS/c12-8-9(7-1-2-7)13-14-10(8)11(16)15-3-5-17-6-4-15/h7H,1-6H2,(H,13,14). The Hall–Kier alpha value is -0.490. The van der Waals surface area contributed by atoms with Gasteiger partial charge in [-0.25, -0.2) is 0 Å². The second-order valence-electron chi connectivity index (χ2n) is 4.48. The summed E-state index contributed by atoms with van der Waals surface area (Å²) in [6.07, 6.45) is 2.41. The number of aromatic nitrogens is 2. The summed E-state index contributed by atoms with van der Waals surface area (Å²) in [4.78, 5) is 14.2. The fourth-order valence-corrected chi connectivity index (χ4v) is 3.62. The van der Waals surface area contributed by atoms with Crippen molar-refractivity contribution in [3.05, 3.63) is 15.9 Å². The van der Waals surface area contributed by atoms with Gasteiger partial charge in [-0.3, -0.25) is 9.89 Å². The van der Waals surface area contributed by atoms with Crippen LogP contribution in [0.5, 0.6) is 0 Å². The number of nitrogens with one attached hydrogen (secondary N) is 1. The van der Waals surface area contributed by atoms with E-state index in [1.807, 2.05) is 16.7 Å². The van der Waals surface area contributed by atoms with Crippen molar-refractivity contribution in [2.45, 2.75) is 18.8 Å². The SMILES string of the molecule is O=C(c1n[nH]c(C2CC2)c1Br)N1CCSCC1. The molecule has 2 aliphatic rings. The lowest BCUT2D eigenvalue weighted by molar-refractivity contribution is 0.0765. The van der Waals surface area contributed by atoms with Gasteiger partial charge in [0.15, 0.2) is 5.69 Å². The minimum Gasteiger partial charge on any atom is -0.336 e. The number of carbonyl (C=O) groups excluding carboxylic acids is 1. The number of hydrogen-bond donors (Lipinski definition) is 1. The van der Waals surface area contributed by atoms with Gasteiger partial charge in [0.2, 0.25) is 0 Å². The van der Waals surface area contributed by atoms with E-state index in [2.05, 4.69) is 26.1 Å². The fraction of sp³-hybridized carbons (Fsp3) is 0.636. The molecule has 3 rings (SSSR count). The van der Waals surface area contributed by atoms with E-state index >= 15 is 0 Å². The molecule has 2 fully saturated rings. The summed E-state index contributed by atoms with van der Waals surface area (Å²) in [6.45, 7) is 1.67. The zero-order valence-corrected chi connectivity index (χ0v) is 11.8. The number of thioether (sulfide) groups is 1. The summed E-state index contributed by atoms with van der Waals surface area (Å²) in [6, 6.07) is 0. The Bertz CT molecular complexity index is 438. The van der Waals surface area contributed by atoms with E-state index in [0.29, 0.717) is 11.6 Å². The van der Waals surface area contributed by atoms with E-state index in [1.54, 1.807) is 0 Å². The van der Waals surface area contributed by atoms with Crippen molar-refractivity contribution in [3.8, 4) is 0 Å². The van der Waals surface area contributed by atoms with Crippen LogP contribution in [0.25, 0.3) is 0 Å². The van der Waals surface area contributed by atoms with Gasteiger partial charge in [-0.1, -0.05) is 0 Å². The number of halogens is 1. The number of carbonyl (C=O) groups is 1. The summed E-state index contributed by atoms with van der Waals surface area (Å²) >= 11 is 5.41. The molecular formula is C11H14BrN3OS. The second kappa shape index (κ2) is 4.65. The highest BCUT2D eigenvalue weighted by molar-refractivity contribution is 9.10. The molecule has 1 aliphatic heterocycles. The lowest BCUT2D eigenvalue weighted by Crippen LogP contribution is -2.38. The summed E-state index contributed by atoms with van der Waals surface area (Å²) in [5.41, 5.74) is 1.65. The fourth-order valence-electron chi connectivity index (χ4n) is 2.04. The van der Waals surface area contributed by atoms with Crippen molar-refractivity contribution < 1.29 is 4.79 Å². The third-order valence-corrected chi connectivity index (χ3v) is 4.96. The molecule has 0 radical (unpaired) electrons. The van der Waals surface area contributed by atoms with E-state index in [1.165, 1.54) is 12.8 Å². The minimum absolute atomic E-state index is 0.0559. The smallest absolute Gasteiger partial charge is 0.275 e. The van der Waals surface area contributed by atoms with E-state index < -0.39 is 0 Å². The van der Waals surface area contributed by atoms with Gasteiger partial charge in [-0.2, -0.15) is 16.9 Å². The molecule has 1 aromatic rings. The normalized spacial score (nSPS) is 20.6. The van der Waals surface area contributed by atoms with Gasteiger partial charge in [-0.15, -0.1) is 0 Å². The van der Waals surface area contributed by atoms with Gasteiger partial charge in [0.25, 0.3) is 5.91 Å². The molecule has 17 heavy (non-hydrogen) atoms. The minimum atomic E-state index is 0.0559. The Labute approximate surface area is 113 Å². The predicted octanol–water partition coefficient (Wildman–Crippen LogP) is 2.24. The number of rotatable bonds is 2. The molecule has 1 aliphatic carbocycles. The summed E-state index contributed by atoms with van der Waals surface area (Å²) < 4.78 is 0.878. The van der Waals surface area contributed by atoms with Crippen LogP contribution in [0, 0.1) is 0 Å². The van der Waals surface area contributed by atoms with Crippen LogP contribution in [0.2, 0.25) is 0 Å². The zero-order valence-electron chi connectivity index (χ0n) is 9.41. The van der Waals surface area contributed by atoms with Gasteiger partial charge in [0.05, 0.1) is 10.2 Å². The molecule has 0 spiro atoms. The van der Waals surface area contributed by atoms with Gasteiger partial charge in [-0.05, 0) is 28.8 Å². The third kappa shape index (κ3) is 2.25. The molecule has 1 N–H and O–H groups in total. The zero-order chi connectivity index (χ0) is 11.8. The van der Waals surface area contributed by atoms with Gasteiger partial charge >= 0.3 is 0 Å².